The number of hydrogen-bond acceptors (Lipinski definition) is 3. The highest BCUT2D eigenvalue weighted by Crippen LogP contribution is 2.36. The van der Waals surface area contributed by atoms with Gasteiger partial charge in [0, 0.05) is 23.2 Å². The van der Waals surface area contributed by atoms with E-state index in [2.05, 4.69) is 40.4 Å². The van der Waals surface area contributed by atoms with Crippen molar-refractivity contribution in [1.82, 2.24) is 9.38 Å². The summed E-state index contributed by atoms with van der Waals surface area (Å²) in [6.07, 6.45) is 5.78. The molecule has 3 aromatic rings. The number of hydrogen-bond donors (Lipinski definition) is 1. The summed E-state index contributed by atoms with van der Waals surface area (Å²) in [5.41, 5.74) is 3.11. The Bertz CT molecular complexity index is 840. The molecule has 0 amide bonds. The fourth-order valence-electron chi connectivity index (χ4n) is 3.72. The third kappa shape index (κ3) is 2.82. The second-order valence-corrected chi connectivity index (χ2v) is 8.13. The largest absolute Gasteiger partial charge is 0.366 e. The van der Waals surface area contributed by atoms with Crippen LogP contribution in [-0.2, 0) is 0 Å². The van der Waals surface area contributed by atoms with Crippen LogP contribution >= 0.6 is 22.9 Å². The van der Waals surface area contributed by atoms with Gasteiger partial charge in [-0.3, -0.25) is 4.40 Å². The zero-order valence-electron chi connectivity index (χ0n) is 14.0. The Labute approximate surface area is 151 Å². The van der Waals surface area contributed by atoms with Crippen LogP contribution in [0, 0.1) is 11.8 Å². The molecular weight excluding hydrogens is 338 g/mol. The van der Waals surface area contributed by atoms with Gasteiger partial charge in [-0.05, 0) is 41.8 Å². The van der Waals surface area contributed by atoms with E-state index in [1.54, 1.807) is 11.3 Å². The van der Waals surface area contributed by atoms with Crippen LogP contribution in [0.4, 0.5) is 5.82 Å². The van der Waals surface area contributed by atoms with Crippen molar-refractivity contribution in [2.75, 3.05) is 5.32 Å². The number of fused-ring (bicyclic) bond motifs is 1. The highest BCUT2D eigenvalue weighted by atomic mass is 35.5. The van der Waals surface area contributed by atoms with Crippen LogP contribution in [0.15, 0.2) is 35.2 Å². The van der Waals surface area contributed by atoms with Gasteiger partial charge in [-0.25, -0.2) is 4.98 Å². The van der Waals surface area contributed by atoms with Crippen LogP contribution in [0.25, 0.3) is 16.9 Å². The van der Waals surface area contributed by atoms with Crippen LogP contribution in [0.3, 0.4) is 0 Å². The van der Waals surface area contributed by atoms with Crippen LogP contribution in [-0.4, -0.2) is 15.4 Å². The molecule has 0 bridgehead atoms. The molecule has 3 atom stereocenters. The van der Waals surface area contributed by atoms with Crippen LogP contribution in [0.2, 0.25) is 5.02 Å². The van der Waals surface area contributed by atoms with Crippen molar-refractivity contribution in [2.45, 2.75) is 39.2 Å². The maximum absolute atomic E-state index is 6.25. The molecule has 1 N–H and O–H groups in total. The predicted molar refractivity (Wildman–Crippen MR) is 103 cm³/mol. The quantitative estimate of drug-likeness (QED) is 0.625. The summed E-state index contributed by atoms with van der Waals surface area (Å²) < 4.78 is 2.10. The summed E-state index contributed by atoms with van der Waals surface area (Å²) >= 11 is 7.95. The highest BCUT2D eigenvalue weighted by Gasteiger charge is 2.28. The summed E-state index contributed by atoms with van der Waals surface area (Å²) in [5.74, 6) is 2.47. The van der Waals surface area contributed by atoms with E-state index < -0.39 is 0 Å². The molecule has 1 saturated carbocycles. The summed E-state index contributed by atoms with van der Waals surface area (Å²) in [7, 11) is 0. The summed E-state index contributed by atoms with van der Waals surface area (Å²) in [4.78, 5) is 4.85. The maximum atomic E-state index is 6.25. The number of nitrogens with zero attached hydrogens (tertiary/aromatic N) is 2. The van der Waals surface area contributed by atoms with Gasteiger partial charge in [0.05, 0.1) is 5.02 Å². The van der Waals surface area contributed by atoms with Crippen molar-refractivity contribution < 1.29 is 0 Å². The molecule has 1 aliphatic rings. The molecule has 1 aliphatic carbocycles. The van der Waals surface area contributed by atoms with Gasteiger partial charge in [0.2, 0.25) is 0 Å². The molecule has 0 aliphatic heterocycles. The van der Waals surface area contributed by atoms with Gasteiger partial charge in [0.1, 0.15) is 17.2 Å². The summed E-state index contributed by atoms with van der Waals surface area (Å²) in [6.45, 7) is 4.73. The van der Waals surface area contributed by atoms with Crippen molar-refractivity contribution in [2.24, 2.45) is 11.8 Å². The number of nitrogens with one attached hydrogen (secondary N) is 1. The van der Waals surface area contributed by atoms with Gasteiger partial charge < -0.3 is 5.32 Å². The van der Waals surface area contributed by atoms with E-state index in [1.807, 2.05) is 18.3 Å². The molecule has 0 unspecified atom stereocenters. The van der Waals surface area contributed by atoms with Gasteiger partial charge in [-0.2, -0.15) is 11.3 Å². The van der Waals surface area contributed by atoms with E-state index in [0.717, 1.165) is 28.1 Å². The van der Waals surface area contributed by atoms with Gasteiger partial charge in [-0.1, -0.05) is 38.3 Å². The molecule has 3 aromatic heterocycles. The van der Waals surface area contributed by atoms with Crippen molar-refractivity contribution in [1.29, 1.82) is 0 Å². The number of aromatic nitrogens is 2. The van der Waals surface area contributed by atoms with Gasteiger partial charge in [-0.15, -0.1) is 0 Å². The third-order valence-corrected chi connectivity index (χ3v) is 6.31. The van der Waals surface area contributed by atoms with Gasteiger partial charge in [0.15, 0.2) is 0 Å². The molecule has 3 nitrogen and oxygen atoms in total. The SMILES string of the molecule is C[C@@H]1[C@@H](C)CCC[C@H]1Nc1c(-c2ccsc2)nc2ccc(Cl)cn12. The normalized spacial score (nSPS) is 24.4. The van der Waals surface area contributed by atoms with E-state index in [4.69, 9.17) is 16.6 Å². The second-order valence-electron chi connectivity index (χ2n) is 6.91. The van der Waals surface area contributed by atoms with E-state index in [-0.39, 0.29) is 0 Å². The number of thiophene rings is 1. The number of imidazole rings is 1. The molecule has 0 aromatic carbocycles. The Balaban J connectivity index is 1.80. The first-order chi connectivity index (χ1) is 11.6. The van der Waals surface area contributed by atoms with Crippen molar-refractivity contribution in [3.63, 3.8) is 0 Å². The molecule has 126 valence electrons. The molecule has 0 radical (unpaired) electrons. The Morgan fingerprint density at radius 1 is 1.25 bits per heavy atom. The average molecular weight is 360 g/mol. The lowest BCUT2D eigenvalue weighted by atomic mass is 9.78. The van der Waals surface area contributed by atoms with Gasteiger partial charge in [0.25, 0.3) is 0 Å². The molecule has 24 heavy (non-hydrogen) atoms. The van der Waals surface area contributed by atoms with Crippen LogP contribution < -0.4 is 5.32 Å². The molecule has 4 rings (SSSR count). The average Bonchev–Trinajstić information content (AvgIpc) is 3.20. The second kappa shape index (κ2) is 6.41. The smallest absolute Gasteiger partial charge is 0.139 e. The predicted octanol–water partition coefficient (Wildman–Crippen LogP) is 5.95. The van der Waals surface area contributed by atoms with E-state index in [9.17, 15) is 0 Å². The first-order valence-electron chi connectivity index (χ1n) is 8.60. The minimum atomic E-state index is 0.477. The molecular formula is C19H22ClN3S. The lowest BCUT2D eigenvalue weighted by Gasteiger charge is -2.35. The summed E-state index contributed by atoms with van der Waals surface area (Å²) in [6, 6.07) is 6.49. The number of pyridine rings is 1. The molecule has 0 saturated heterocycles. The zero-order valence-corrected chi connectivity index (χ0v) is 15.6. The zero-order chi connectivity index (χ0) is 16.7. The lowest BCUT2D eigenvalue weighted by molar-refractivity contribution is 0.253. The first kappa shape index (κ1) is 16.0. The Hall–Kier alpha value is -1.52. The topological polar surface area (TPSA) is 29.3 Å². The van der Waals surface area contributed by atoms with E-state index >= 15 is 0 Å². The Morgan fingerprint density at radius 3 is 2.92 bits per heavy atom. The molecule has 1 fully saturated rings. The van der Waals surface area contributed by atoms with Crippen molar-refractivity contribution in [3.8, 4) is 11.3 Å². The monoisotopic (exact) mass is 359 g/mol. The summed E-state index contributed by atoms with van der Waals surface area (Å²) in [5, 5.41) is 8.79. The fraction of sp³-hybridized carbons (Fsp3) is 0.421. The minimum absolute atomic E-state index is 0.477. The first-order valence-corrected chi connectivity index (χ1v) is 9.92. The van der Waals surface area contributed by atoms with E-state index in [0.29, 0.717) is 12.0 Å². The maximum Gasteiger partial charge on any atom is 0.139 e. The molecule has 0 spiro atoms. The highest BCUT2D eigenvalue weighted by molar-refractivity contribution is 7.08. The standard InChI is InChI=1S/C19H22ClN3S/c1-12-4-3-5-16(13(12)2)21-19-18(14-8-9-24-11-14)22-17-7-6-15(20)10-23(17)19/h6-13,16,21H,3-5H2,1-2H3/t12-,13+,16+/m0/s1. The number of halogens is 1. The van der Waals surface area contributed by atoms with Crippen molar-refractivity contribution in [3.05, 3.63) is 40.2 Å². The Kier molecular flexibility index (Phi) is 4.27. The fourth-order valence-corrected chi connectivity index (χ4v) is 4.52. The van der Waals surface area contributed by atoms with Gasteiger partial charge >= 0.3 is 0 Å². The number of anilines is 1. The van der Waals surface area contributed by atoms with Crippen LogP contribution in [0.1, 0.15) is 33.1 Å². The lowest BCUT2D eigenvalue weighted by Crippen LogP contribution is -2.35. The minimum Gasteiger partial charge on any atom is -0.366 e. The third-order valence-electron chi connectivity index (χ3n) is 5.41. The number of rotatable bonds is 3. The van der Waals surface area contributed by atoms with E-state index in [1.165, 1.54) is 24.8 Å². The molecule has 5 heteroatoms. The Morgan fingerprint density at radius 2 is 2.12 bits per heavy atom. The molecule has 3 heterocycles. The van der Waals surface area contributed by atoms with Crippen molar-refractivity contribution >= 4 is 34.4 Å². The van der Waals surface area contributed by atoms with Crippen LogP contribution in [0.5, 0.6) is 0 Å².